The molecular weight excluding hydrogens is 375 g/mol. The van der Waals surface area contributed by atoms with E-state index in [0.717, 1.165) is 5.56 Å². The molecule has 2 aromatic rings. The van der Waals surface area contributed by atoms with Gasteiger partial charge in [-0.3, -0.25) is 4.79 Å². The maximum absolute atomic E-state index is 12.1. The summed E-state index contributed by atoms with van der Waals surface area (Å²) in [7, 11) is 1.61. The van der Waals surface area contributed by atoms with Crippen molar-refractivity contribution in [1.82, 2.24) is 4.90 Å². The van der Waals surface area contributed by atoms with Gasteiger partial charge in [0.1, 0.15) is 11.5 Å². The predicted octanol–water partition coefficient (Wildman–Crippen LogP) is 4.63. The molecule has 134 valence electrons. The molecule has 25 heavy (non-hydrogen) atoms. The molecule has 0 heterocycles. The normalized spacial score (nSPS) is 10.6. The molecule has 4 nitrogen and oxygen atoms in total. The van der Waals surface area contributed by atoms with Crippen molar-refractivity contribution in [3.63, 3.8) is 0 Å². The lowest BCUT2D eigenvalue weighted by Gasteiger charge is -2.18. The van der Waals surface area contributed by atoms with E-state index in [4.69, 9.17) is 27.9 Å². The SMILES string of the molecule is CN(Cc1ccc(OC(F)F)cc1)C(=O)COc1cc(Cl)cc(Cl)c1. The minimum absolute atomic E-state index is 0.0638. The van der Waals surface area contributed by atoms with Crippen molar-refractivity contribution < 1.29 is 23.0 Å². The largest absolute Gasteiger partial charge is 0.484 e. The number of ether oxygens (including phenoxy) is 2. The van der Waals surface area contributed by atoms with Crippen LogP contribution in [-0.4, -0.2) is 31.1 Å². The molecule has 1 amide bonds. The van der Waals surface area contributed by atoms with Gasteiger partial charge in [-0.25, -0.2) is 0 Å². The van der Waals surface area contributed by atoms with Gasteiger partial charge < -0.3 is 14.4 Å². The quantitative estimate of drug-likeness (QED) is 0.692. The number of rotatable bonds is 7. The first-order valence-corrected chi connectivity index (χ1v) is 7.95. The fourth-order valence-electron chi connectivity index (χ4n) is 2.01. The number of hydrogen-bond donors (Lipinski definition) is 0. The Kier molecular flexibility index (Phi) is 6.84. The van der Waals surface area contributed by atoms with Gasteiger partial charge in [0.05, 0.1) is 0 Å². The fourth-order valence-corrected chi connectivity index (χ4v) is 2.51. The fraction of sp³-hybridized carbons (Fsp3) is 0.235. The number of carbonyl (C=O) groups excluding carboxylic acids is 1. The lowest BCUT2D eigenvalue weighted by molar-refractivity contribution is -0.132. The zero-order chi connectivity index (χ0) is 18.4. The highest BCUT2D eigenvalue weighted by atomic mass is 35.5. The summed E-state index contributed by atoms with van der Waals surface area (Å²) in [6, 6.07) is 10.7. The van der Waals surface area contributed by atoms with Crippen LogP contribution >= 0.6 is 23.2 Å². The lowest BCUT2D eigenvalue weighted by atomic mass is 10.2. The van der Waals surface area contributed by atoms with Gasteiger partial charge in [-0.1, -0.05) is 35.3 Å². The highest BCUT2D eigenvalue weighted by Gasteiger charge is 2.11. The molecule has 0 bridgehead atoms. The molecule has 0 aromatic heterocycles. The van der Waals surface area contributed by atoms with Crippen molar-refractivity contribution in [2.24, 2.45) is 0 Å². The Morgan fingerprint density at radius 2 is 1.68 bits per heavy atom. The summed E-state index contributed by atoms with van der Waals surface area (Å²) >= 11 is 11.7. The maximum Gasteiger partial charge on any atom is 0.387 e. The summed E-state index contributed by atoms with van der Waals surface area (Å²) in [5.41, 5.74) is 0.767. The van der Waals surface area contributed by atoms with E-state index in [1.165, 1.54) is 17.0 Å². The summed E-state index contributed by atoms with van der Waals surface area (Å²) in [6.45, 7) is -2.75. The van der Waals surface area contributed by atoms with Crippen molar-refractivity contribution >= 4 is 29.1 Å². The molecule has 0 aliphatic carbocycles. The van der Waals surface area contributed by atoms with E-state index < -0.39 is 6.61 Å². The predicted molar refractivity (Wildman–Crippen MR) is 91.5 cm³/mol. The third-order valence-electron chi connectivity index (χ3n) is 3.19. The van der Waals surface area contributed by atoms with Crippen LogP contribution in [0.15, 0.2) is 42.5 Å². The first kappa shape index (κ1) is 19.3. The van der Waals surface area contributed by atoms with Crippen LogP contribution in [0.25, 0.3) is 0 Å². The summed E-state index contributed by atoms with van der Waals surface area (Å²) in [5, 5.41) is 0.823. The molecule has 8 heteroatoms. The van der Waals surface area contributed by atoms with Crippen LogP contribution in [0.5, 0.6) is 11.5 Å². The molecule has 0 aliphatic heterocycles. The Bertz CT molecular complexity index is 706. The molecule has 0 saturated carbocycles. The van der Waals surface area contributed by atoms with E-state index >= 15 is 0 Å². The number of alkyl halides is 2. The number of amides is 1. The second kappa shape index (κ2) is 8.87. The molecule has 2 aromatic carbocycles. The zero-order valence-electron chi connectivity index (χ0n) is 13.2. The van der Waals surface area contributed by atoms with Crippen LogP contribution < -0.4 is 9.47 Å². The highest BCUT2D eigenvalue weighted by molar-refractivity contribution is 6.34. The number of likely N-dealkylation sites (N-methyl/N-ethyl adjacent to an activating group) is 1. The van der Waals surface area contributed by atoms with Gasteiger partial charge in [-0.15, -0.1) is 0 Å². The minimum atomic E-state index is -2.87. The van der Waals surface area contributed by atoms with Gasteiger partial charge in [0.2, 0.25) is 0 Å². The van der Waals surface area contributed by atoms with Crippen molar-refractivity contribution in [3.8, 4) is 11.5 Å². The highest BCUT2D eigenvalue weighted by Crippen LogP contribution is 2.24. The Morgan fingerprint density at radius 3 is 2.24 bits per heavy atom. The van der Waals surface area contributed by atoms with Gasteiger partial charge in [-0.2, -0.15) is 8.78 Å². The zero-order valence-corrected chi connectivity index (χ0v) is 14.7. The third kappa shape index (κ3) is 6.40. The second-order valence-corrected chi connectivity index (χ2v) is 6.04. The van der Waals surface area contributed by atoms with Gasteiger partial charge in [0, 0.05) is 23.6 Å². The van der Waals surface area contributed by atoms with Crippen molar-refractivity contribution in [2.45, 2.75) is 13.2 Å². The monoisotopic (exact) mass is 389 g/mol. The second-order valence-electron chi connectivity index (χ2n) is 5.17. The van der Waals surface area contributed by atoms with Crippen molar-refractivity contribution in [3.05, 3.63) is 58.1 Å². The van der Waals surface area contributed by atoms with Gasteiger partial charge in [-0.05, 0) is 35.9 Å². The number of benzene rings is 2. The van der Waals surface area contributed by atoms with Crippen LogP contribution in [-0.2, 0) is 11.3 Å². The number of hydrogen-bond acceptors (Lipinski definition) is 3. The van der Waals surface area contributed by atoms with Gasteiger partial charge >= 0.3 is 6.61 Å². The summed E-state index contributed by atoms with van der Waals surface area (Å²) < 4.78 is 33.9. The Morgan fingerprint density at radius 1 is 1.08 bits per heavy atom. The Hall–Kier alpha value is -2.05. The number of halogens is 4. The Labute approximate surface area is 153 Å². The molecule has 0 aliphatic rings. The summed E-state index contributed by atoms with van der Waals surface area (Å²) in [6.07, 6.45) is 0. The van der Waals surface area contributed by atoms with Crippen molar-refractivity contribution in [1.29, 1.82) is 0 Å². The van der Waals surface area contributed by atoms with E-state index in [0.29, 0.717) is 22.3 Å². The standard InChI is InChI=1S/C17H15Cl2F2NO3/c1-22(9-11-2-4-14(5-3-11)25-17(20)21)16(23)10-24-15-7-12(18)6-13(19)8-15/h2-8,17H,9-10H2,1H3. The first-order chi connectivity index (χ1) is 11.8. The van der Waals surface area contributed by atoms with E-state index in [-0.39, 0.29) is 18.3 Å². The molecule has 0 unspecified atom stereocenters. The van der Waals surface area contributed by atoms with Crippen LogP contribution in [0.1, 0.15) is 5.56 Å². The molecule has 0 saturated heterocycles. The molecule has 0 radical (unpaired) electrons. The first-order valence-electron chi connectivity index (χ1n) is 7.20. The molecular formula is C17H15Cl2F2NO3. The molecule has 0 atom stereocenters. The van der Waals surface area contributed by atoms with E-state index in [1.54, 1.807) is 37.4 Å². The molecule has 2 rings (SSSR count). The van der Waals surface area contributed by atoms with Crippen LogP contribution in [0, 0.1) is 0 Å². The van der Waals surface area contributed by atoms with Crippen LogP contribution in [0.2, 0.25) is 10.0 Å². The van der Waals surface area contributed by atoms with E-state index in [2.05, 4.69) is 4.74 Å². The van der Waals surface area contributed by atoms with Crippen molar-refractivity contribution in [2.75, 3.05) is 13.7 Å². The average Bonchev–Trinajstić information content (AvgIpc) is 2.53. The topological polar surface area (TPSA) is 38.8 Å². The third-order valence-corrected chi connectivity index (χ3v) is 3.63. The summed E-state index contributed by atoms with van der Waals surface area (Å²) in [5.74, 6) is 0.200. The van der Waals surface area contributed by atoms with E-state index in [1.807, 2.05) is 0 Å². The smallest absolute Gasteiger partial charge is 0.387 e. The van der Waals surface area contributed by atoms with E-state index in [9.17, 15) is 13.6 Å². The summed E-state index contributed by atoms with van der Waals surface area (Å²) in [4.78, 5) is 13.6. The lowest BCUT2D eigenvalue weighted by Crippen LogP contribution is -2.30. The number of carbonyl (C=O) groups is 1. The van der Waals surface area contributed by atoms with Gasteiger partial charge in [0.25, 0.3) is 5.91 Å². The van der Waals surface area contributed by atoms with Gasteiger partial charge in [0.15, 0.2) is 6.61 Å². The van der Waals surface area contributed by atoms with Crippen LogP contribution in [0.3, 0.4) is 0 Å². The molecule has 0 spiro atoms. The number of nitrogens with zero attached hydrogens (tertiary/aromatic N) is 1. The maximum atomic E-state index is 12.1. The average molecular weight is 390 g/mol. The van der Waals surface area contributed by atoms with Crippen LogP contribution in [0.4, 0.5) is 8.78 Å². The molecule has 0 fully saturated rings. The molecule has 0 N–H and O–H groups in total. The Balaban J connectivity index is 1.87. The minimum Gasteiger partial charge on any atom is -0.484 e.